The van der Waals surface area contributed by atoms with Crippen LogP contribution in [0.5, 0.6) is 0 Å². The molecule has 1 atom stereocenters. The Labute approximate surface area is 119 Å². The molecule has 21 heavy (non-hydrogen) atoms. The van der Waals surface area contributed by atoms with Gasteiger partial charge in [0.05, 0.1) is 12.2 Å². The van der Waals surface area contributed by atoms with Crippen molar-refractivity contribution in [1.29, 1.82) is 0 Å². The summed E-state index contributed by atoms with van der Waals surface area (Å²) in [4.78, 5) is 16.5. The first-order chi connectivity index (χ1) is 10.1. The molecule has 0 aliphatic rings. The lowest BCUT2D eigenvalue weighted by Crippen LogP contribution is -2.27. The highest BCUT2D eigenvalue weighted by molar-refractivity contribution is 5.72. The van der Waals surface area contributed by atoms with Crippen LogP contribution in [0, 0.1) is 5.82 Å². The zero-order valence-corrected chi connectivity index (χ0v) is 11.4. The normalized spacial score (nSPS) is 12.7. The average molecular weight is 287 g/mol. The average Bonchev–Trinajstić information content (AvgIpc) is 2.84. The Morgan fingerprint density at radius 1 is 1.38 bits per heavy atom. The van der Waals surface area contributed by atoms with Crippen LogP contribution in [0.1, 0.15) is 11.6 Å². The minimum absolute atomic E-state index is 0.150. The predicted molar refractivity (Wildman–Crippen MR) is 76.1 cm³/mol. The van der Waals surface area contributed by atoms with Crippen molar-refractivity contribution >= 4 is 11.0 Å². The van der Waals surface area contributed by atoms with Gasteiger partial charge >= 0.3 is 0 Å². The van der Waals surface area contributed by atoms with E-state index in [0.717, 1.165) is 0 Å². The topological polar surface area (TPSA) is 78.7 Å². The van der Waals surface area contributed by atoms with Crippen molar-refractivity contribution in [2.45, 2.75) is 12.6 Å². The maximum absolute atomic E-state index is 13.7. The largest absolute Gasteiger partial charge is 0.322 e. The summed E-state index contributed by atoms with van der Waals surface area (Å²) in [5, 5.41) is 4.42. The second-order valence-corrected chi connectivity index (χ2v) is 4.84. The molecule has 3 rings (SSSR count). The first-order valence-electron chi connectivity index (χ1n) is 6.45. The van der Waals surface area contributed by atoms with Gasteiger partial charge in [-0.3, -0.25) is 14.0 Å². The van der Waals surface area contributed by atoms with Crippen molar-refractivity contribution in [2.24, 2.45) is 12.8 Å². The Balaban J connectivity index is 1.97. The molecule has 0 spiro atoms. The molecule has 108 valence electrons. The number of hydrogen-bond acceptors (Lipinski definition) is 4. The van der Waals surface area contributed by atoms with Gasteiger partial charge < -0.3 is 5.73 Å². The number of nitrogens with two attached hydrogens (primary N) is 1. The van der Waals surface area contributed by atoms with Crippen molar-refractivity contribution in [3.63, 3.8) is 0 Å². The highest BCUT2D eigenvalue weighted by atomic mass is 19.1. The summed E-state index contributed by atoms with van der Waals surface area (Å²) in [7, 11) is 1.71. The highest BCUT2D eigenvalue weighted by Crippen LogP contribution is 2.16. The molecule has 2 heterocycles. The van der Waals surface area contributed by atoms with Gasteiger partial charge in [0, 0.05) is 19.2 Å². The number of rotatable bonds is 3. The number of aryl methyl sites for hydroxylation is 1. The number of hydrogen-bond donors (Lipinski definition) is 1. The molecule has 3 aromatic rings. The number of nitrogens with zero attached hydrogens (tertiary/aromatic N) is 4. The summed E-state index contributed by atoms with van der Waals surface area (Å²) in [6.45, 7) is 0.150. The summed E-state index contributed by atoms with van der Waals surface area (Å²) < 4.78 is 16.6. The molecule has 1 unspecified atom stereocenters. The molecule has 2 N–H and O–H groups in total. The van der Waals surface area contributed by atoms with Crippen molar-refractivity contribution in [3.05, 3.63) is 58.5 Å². The van der Waals surface area contributed by atoms with E-state index < -0.39 is 6.04 Å². The SMILES string of the molecule is Cn1ncc2c(=O)n(CC(N)c3ccccc3F)cnc21. The Morgan fingerprint density at radius 3 is 2.90 bits per heavy atom. The van der Waals surface area contributed by atoms with Crippen LogP contribution in [0.3, 0.4) is 0 Å². The van der Waals surface area contributed by atoms with Gasteiger partial charge in [0.1, 0.15) is 17.5 Å². The van der Waals surface area contributed by atoms with Crippen LogP contribution < -0.4 is 11.3 Å². The molecule has 1 aromatic carbocycles. The number of halogens is 1. The summed E-state index contributed by atoms with van der Waals surface area (Å²) in [5.41, 5.74) is 6.64. The first kappa shape index (κ1) is 13.4. The van der Waals surface area contributed by atoms with Gasteiger partial charge in [0.25, 0.3) is 5.56 Å². The lowest BCUT2D eigenvalue weighted by molar-refractivity contribution is 0.521. The second kappa shape index (κ2) is 5.10. The molecule has 0 radical (unpaired) electrons. The number of fused-ring (bicyclic) bond motifs is 1. The monoisotopic (exact) mass is 287 g/mol. The number of benzene rings is 1. The van der Waals surface area contributed by atoms with Crippen LogP contribution in [0.2, 0.25) is 0 Å². The fourth-order valence-corrected chi connectivity index (χ4v) is 2.28. The fraction of sp³-hybridized carbons (Fsp3) is 0.214. The van der Waals surface area contributed by atoms with Crippen molar-refractivity contribution < 1.29 is 4.39 Å². The van der Waals surface area contributed by atoms with Crippen LogP contribution in [-0.4, -0.2) is 19.3 Å². The fourth-order valence-electron chi connectivity index (χ4n) is 2.28. The van der Waals surface area contributed by atoms with Crippen molar-refractivity contribution in [2.75, 3.05) is 0 Å². The van der Waals surface area contributed by atoms with E-state index in [-0.39, 0.29) is 17.9 Å². The van der Waals surface area contributed by atoms with Gasteiger partial charge in [0.2, 0.25) is 0 Å². The molecule has 0 fully saturated rings. The van der Waals surface area contributed by atoms with Gasteiger partial charge in [-0.05, 0) is 6.07 Å². The third kappa shape index (κ3) is 2.31. The maximum atomic E-state index is 13.7. The highest BCUT2D eigenvalue weighted by Gasteiger charge is 2.14. The van der Waals surface area contributed by atoms with Crippen LogP contribution in [-0.2, 0) is 13.6 Å². The van der Waals surface area contributed by atoms with E-state index in [1.807, 2.05) is 0 Å². The lowest BCUT2D eigenvalue weighted by Gasteiger charge is -2.14. The Morgan fingerprint density at radius 2 is 2.14 bits per heavy atom. The van der Waals surface area contributed by atoms with Crippen molar-refractivity contribution in [1.82, 2.24) is 19.3 Å². The lowest BCUT2D eigenvalue weighted by atomic mass is 10.1. The molecular formula is C14H14FN5O. The molecular weight excluding hydrogens is 273 g/mol. The summed E-state index contributed by atoms with van der Waals surface area (Å²) in [6.07, 6.45) is 2.88. The van der Waals surface area contributed by atoms with Gasteiger partial charge in [-0.1, -0.05) is 18.2 Å². The summed E-state index contributed by atoms with van der Waals surface area (Å²) >= 11 is 0. The maximum Gasteiger partial charge on any atom is 0.264 e. The van der Waals surface area contributed by atoms with Gasteiger partial charge in [-0.25, -0.2) is 9.37 Å². The standard InChI is InChI=1S/C14H14FN5O/c1-19-13-10(6-18-19)14(21)20(8-17-13)7-12(16)9-4-2-3-5-11(9)15/h2-6,8,12H,7,16H2,1H3. The van der Waals surface area contributed by atoms with Crippen LogP contribution in [0.15, 0.2) is 41.6 Å². The summed E-state index contributed by atoms with van der Waals surface area (Å²) in [5.74, 6) is -0.381. The van der Waals surface area contributed by atoms with Gasteiger partial charge in [-0.15, -0.1) is 0 Å². The molecule has 0 saturated heterocycles. The van der Waals surface area contributed by atoms with Gasteiger partial charge in [0.15, 0.2) is 5.65 Å². The zero-order valence-electron chi connectivity index (χ0n) is 11.4. The smallest absolute Gasteiger partial charge is 0.264 e. The van der Waals surface area contributed by atoms with Gasteiger partial charge in [-0.2, -0.15) is 5.10 Å². The van der Waals surface area contributed by atoms with Crippen LogP contribution in [0.4, 0.5) is 4.39 Å². The Kier molecular flexibility index (Phi) is 3.26. The van der Waals surface area contributed by atoms with Crippen molar-refractivity contribution in [3.8, 4) is 0 Å². The third-order valence-corrected chi connectivity index (χ3v) is 3.42. The minimum atomic E-state index is -0.625. The Bertz CT molecular complexity index is 854. The third-order valence-electron chi connectivity index (χ3n) is 3.42. The first-order valence-corrected chi connectivity index (χ1v) is 6.45. The number of aromatic nitrogens is 4. The predicted octanol–water partition coefficient (Wildman–Crippen LogP) is 0.969. The zero-order chi connectivity index (χ0) is 15.0. The van der Waals surface area contributed by atoms with Crippen LogP contribution in [0.25, 0.3) is 11.0 Å². The molecule has 7 heteroatoms. The van der Waals surface area contributed by atoms with E-state index in [1.54, 1.807) is 25.2 Å². The van der Waals surface area contributed by atoms with E-state index in [9.17, 15) is 9.18 Å². The minimum Gasteiger partial charge on any atom is -0.322 e. The van der Waals surface area contributed by atoms with E-state index in [4.69, 9.17) is 5.73 Å². The van der Waals surface area contributed by atoms with E-state index >= 15 is 0 Å². The Hall–Kier alpha value is -2.54. The molecule has 0 saturated carbocycles. The van der Waals surface area contributed by atoms with E-state index in [1.165, 1.54) is 27.8 Å². The summed E-state index contributed by atoms with van der Waals surface area (Å²) in [6, 6.07) is 5.64. The molecule has 0 aliphatic carbocycles. The molecule has 0 aliphatic heterocycles. The molecule has 2 aromatic heterocycles. The van der Waals surface area contributed by atoms with Crippen LogP contribution >= 0.6 is 0 Å². The molecule has 0 bridgehead atoms. The molecule has 0 amide bonds. The second-order valence-electron chi connectivity index (χ2n) is 4.84. The quantitative estimate of drug-likeness (QED) is 0.778. The van der Waals surface area contributed by atoms with E-state index in [0.29, 0.717) is 16.6 Å². The molecule has 6 nitrogen and oxygen atoms in total. The van der Waals surface area contributed by atoms with E-state index in [2.05, 4.69) is 10.1 Å².